The molecule has 1 aromatic heterocycles. The van der Waals surface area contributed by atoms with E-state index in [0.29, 0.717) is 25.2 Å². The predicted molar refractivity (Wildman–Crippen MR) is 106 cm³/mol. The number of aryl methyl sites for hydroxylation is 1. The lowest BCUT2D eigenvalue weighted by molar-refractivity contribution is -0.00702. The molecule has 0 aliphatic carbocycles. The minimum absolute atomic E-state index is 0.0165. The summed E-state index contributed by atoms with van der Waals surface area (Å²) in [7, 11) is 4.04. The largest absolute Gasteiger partial charge is 0.369 e. The number of carbonyl (C=O) groups excluding carboxylic acids is 1. The van der Waals surface area contributed by atoms with Crippen LogP contribution in [0.25, 0.3) is 0 Å². The maximum absolute atomic E-state index is 13.4. The van der Waals surface area contributed by atoms with E-state index in [1.54, 1.807) is 0 Å². The molecule has 1 amide bonds. The first-order chi connectivity index (χ1) is 12.8. The van der Waals surface area contributed by atoms with Crippen molar-refractivity contribution in [2.24, 2.45) is 0 Å². The minimum Gasteiger partial charge on any atom is -0.369 e. The van der Waals surface area contributed by atoms with Crippen LogP contribution in [0, 0.1) is 6.92 Å². The Morgan fingerprint density at radius 2 is 2.07 bits per heavy atom. The number of hydrogen-bond acceptors (Lipinski definition) is 4. The Labute approximate surface area is 161 Å². The summed E-state index contributed by atoms with van der Waals surface area (Å²) in [4.78, 5) is 17.4. The van der Waals surface area contributed by atoms with Gasteiger partial charge in [0, 0.05) is 31.6 Å². The zero-order valence-corrected chi connectivity index (χ0v) is 17.0. The number of aromatic amines is 1. The standard InChI is InChI=1S/C21H30N4O2/c1-14-7-6-8-17(11-14)13-25(10-9-24(4)5)21(26)20-18-12-15(2)27-16(3)19(18)22-23-20/h6-8,11,15-16H,9-10,12-13H2,1-5H3,(H,22,23)/t15-,16+/m1/s1. The highest BCUT2D eigenvalue weighted by Gasteiger charge is 2.31. The highest BCUT2D eigenvalue weighted by molar-refractivity contribution is 5.94. The minimum atomic E-state index is -0.0650. The van der Waals surface area contributed by atoms with Crippen LogP contribution in [0.4, 0.5) is 0 Å². The summed E-state index contributed by atoms with van der Waals surface area (Å²) < 4.78 is 5.85. The van der Waals surface area contributed by atoms with Crippen molar-refractivity contribution in [1.29, 1.82) is 0 Å². The smallest absolute Gasteiger partial charge is 0.274 e. The van der Waals surface area contributed by atoms with E-state index in [-0.39, 0.29) is 18.1 Å². The Bertz CT molecular complexity index is 799. The van der Waals surface area contributed by atoms with Crippen LogP contribution in [-0.4, -0.2) is 59.2 Å². The normalized spacial score (nSPS) is 19.2. The van der Waals surface area contributed by atoms with Crippen LogP contribution in [0.2, 0.25) is 0 Å². The first-order valence-corrected chi connectivity index (χ1v) is 9.57. The fourth-order valence-electron chi connectivity index (χ4n) is 3.60. The van der Waals surface area contributed by atoms with E-state index in [0.717, 1.165) is 23.4 Å². The number of H-pyrrole nitrogens is 1. The number of benzene rings is 1. The Balaban J connectivity index is 1.87. The van der Waals surface area contributed by atoms with E-state index in [1.807, 2.05) is 38.9 Å². The third kappa shape index (κ3) is 4.57. The molecule has 0 saturated carbocycles. The molecule has 0 radical (unpaired) electrons. The average molecular weight is 370 g/mol. The van der Waals surface area contributed by atoms with Crippen molar-refractivity contribution in [3.63, 3.8) is 0 Å². The lowest BCUT2D eigenvalue weighted by Gasteiger charge is -2.27. The summed E-state index contributed by atoms with van der Waals surface area (Å²) in [6.45, 7) is 8.15. The Kier molecular flexibility index (Phi) is 5.97. The summed E-state index contributed by atoms with van der Waals surface area (Å²) in [5.74, 6) is -0.0165. The maximum Gasteiger partial charge on any atom is 0.274 e. The molecular formula is C21H30N4O2. The molecule has 146 valence electrons. The van der Waals surface area contributed by atoms with Crippen molar-refractivity contribution in [2.45, 2.75) is 45.9 Å². The third-order valence-electron chi connectivity index (χ3n) is 5.00. The van der Waals surface area contributed by atoms with Gasteiger partial charge in [0.1, 0.15) is 0 Å². The van der Waals surface area contributed by atoms with Gasteiger partial charge in [-0.2, -0.15) is 5.10 Å². The Morgan fingerprint density at radius 3 is 2.78 bits per heavy atom. The van der Waals surface area contributed by atoms with Gasteiger partial charge < -0.3 is 14.5 Å². The number of nitrogens with one attached hydrogen (secondary N) is 1. The fraction of sp³-hybridized carbons (Fsp3) is 0.524. The molecular weight excluding hydrogens is 340 g/mol. The van der Waals surface area contributed by atoms with Gasteiger partial charge in [0.05, 0.1) is 17.9 Å². The van der Waals surface area contributed by atoms with E-state index < -0.39 is 0 Å². The van der Waals surface area contributed by atoms with Crippen molar-refractivity contribution in [3.8, 4) is 0 Å². The molecule has 0 fully saturated rings. The van der Waals surface area contributed by atoms with Gasteiger partial charge in [-0.3, -0.25) is 9.89 Å². The Hall–Kier alpha value is -2.18. The number of aromatic nitrogens is 2. The van der Waals surface area contributed by atoms with E-state index in [9.17, 15) is 4.79 Å². The van der Waals surface area contributed by atoms with Gasteiger partial charge in [-0.25, -0.2) is 0 Å². The number of carbonyl (C=O) groups is 1. The molecule has 2 aromatic rings. The van der Waals surface area contributed by atoms with Crippen LogP contribution >= 0.6 is 0 Å². The second-order valence-corrected chi connectivity index (χ2v) is 7.78. The van der Waals surface area contributed by atoms with Crippen LogP contribution < -0.4 is 0 Å². The summed E-state index contributed by atoms with van der Waals surface area (Å²) in [5.41, 5.74) is 4.81. The molecule has 1 aliphatic heterocycles. The highest BCUT2D eigenvalue weighted by Crippen LogP contribution is 2.30. The van der Waals surface area contributed by atoms with E-state index in [1.165, 1.54) is 5.56 Å². The maximum atomic E-state index is 13.4. The van der Waals surface area contributed by atoms with Gasteiger partial charge in [0.25, 0.3) is 5.91 Å². The van der Waals surface area contributed by atoms with Crippen LogP contribution in [0.1, 0.15) is 52.8 Å². The van der Waals surface area contributed by atoms with Crippen LogP contribution in [0.3, 0.4) is 0 Å². The first-order valence-electron chi connectivity index (χ1n) is 9.57. The van der Waals surface area contributed by atoms with Crippen LogP contribution in [0.15, 0.2) is 24.3 Å². The summed E-state index contributed by atoms with van der Waals surface area (Å²) in [5, 5.41) is 7.42. The lowest BCUT2D eigenvalue weighted by atomic mass is 9.99. The number of rotatable bonds is 6. The second-order valence-electron chi connectivity index (χ2n) is 7.78. The highest BCUT2D eigenvalue weighted by atomic mass is 16.5. The van der Waals surface area contributed by atoms with Gasteiger partial charge in [-0.1, -0.05) is 29.8 Å². The summed E-state index contributed by atoms with van der Waals surface area (Å²) in [6.07, 6.45) is 0.733. The van der Waals surface area contributed by atoms with E-state index >= 15 is 0 Å². The molecule has 0 spiro atoms. The number of likely N-dealkylation sites (N-methyl/N-ethyl adjacent to an activating group) is 1. The number of ether oxygens (including phenoxy) is 1. The van der Waals surface area contributed by atoms with Gasteiger partial charge in [-0.05, 0) is 40.4 Å². The third-order valence-corrected chi connectivity index (χ3v) is 5.00. The predicted octanol–water partition coefficient (Wildman–Crippen LogP) is 2.94. The number of hydrogen-bond donors (Lipinski definition) is 1. The SMILES string of the molecule is Cc1cccc(CN(CCN(C)C)C(=O)c2n[nH]c3c2C[C@@H](C)O[C@H]3C)c1. The molecule has 6 nitrogen and oxygen atoms in total. The molecule has 1 aliphatic rings. The first kappa shape index (κ1) is 19.6. The molecule has 6 heteroatoms. The molecule has 0 unspecified atom stereocenters. The number of fused-ring (bicyclic) bond motifs is 1. The van der Waals surface area contributed by atoms with E-state index in [4.69, 9.17) is 4.74 Å². The van der Waals surface area contributed by atoms with E-state index in [2.05, 4.69) is 40.2 Å². The second kappa shape index (κ2) is 8.23. The van der Waals surface area contributed by atoms with Gasteiger partial charge in [0.15, 0.2) is 5.69 Å². The Morgan fingerprint density at radius 1 is 1.30 bits per heavy atom. The lowest BCUT2D eigenvalue weighted by Crippen LogP contribution is -2.37. The summed E-state index contributed by atoms with van der Waals surface area (Å²) in [6, 6.07) is 8.31. The van der Waals surface area contributed by atoms with Crippen molar-refractivity contribution < 1.29 is 9.53 Å². The molecule has 1 N–H and O–H groups in total. The van der Waals surface area contributed by atoms with Crippen LogP contribution in [0.5, 0.6) is 0 Å². The quantitative estimate of drug-likeness (QED) is 0.849. The van der Waals surface area contributed by atoms with Crippen LogP contribution in [-0.2, 0) is 17.7 Å². The zero-order valence-electron chi connectivity index (χ0n) is 17.0. The molecule has 0 saturated heterocycles. The number of amides is 1. The summed E-state index contributed by atoms with van der Waals surface area (Å²) >= 11 is 0. The molecule has 1 aromatic carbocycles. The van der Waals surface area contributed by atoms with Gasteiger partial charge in [-0.15, -0.1) is 0 Å². The molecule has 3 rings (SSSR count). The molecule has 0 bridgehead atoms. The molecule has 27 heavy (non-hydrogen) atoms. The van der Waals surface area contributed by atoms with Crippen molar-refractivity contribution >= 4 is 5.91 Å². The van der Waals surface area contributed by atoms with Gasteiger partial charge in [0.2, 0.25) is 0 Å². The van der Waals surface area contributed by atoms with Crippen molar-refractivity contribution in [1.82, 2.24) is 20.0 Å². The fourth-order valence-corrected chi connectivity index (χ4v) is 3.60. The zero-order chi connectivity index (χ0) is 19.6. The average Bonchev–Trinajstić information content (AvgIpc) is 3.02. The van der Waals surface area contributed by atoms with Crippen molar-refractivity contribution in [2.75, 3.05) is 27.2 Å². The molecule has 2 heterocycles. The topological polar surface area (TPSA) is 61.5 Å². The number of nitrogens with zero attached hydrogens (tertiary/aromatic N) is 3. The molecule has 2 atom stereocenters. The van der Waals surface area contributed by atoms with Crippen molar-refractivity contribution in [3.05, 3.63) is 52.3 Å². The van der Waals surface area contributed by atoms with Gasteiger partial charge >= 0.3 is 0 Å². The monoisotopic (exact) mass is 370 g/mol.